The van der Waals surface area contributed by atoms with E-state index in [2.05, 4.69) is 10.3 Å². The van der Waals surface area contributed by atoms with Crippen LogP contribution in [0.25, 0.3) is 22.1 Å². The summed E-state index contributed by atoms with van der Waals surface area (Å²) in [5, 5.41) is 41.8. The molecular formula is C21H19F3N2O7. The highest BCUT2D eigenvalue weighted by atomic mass is 19.4. The molecule has 1 aliphatic heterocycles. The number of rotatable bonds is 4. The minimum atomic E-state index is -4.88. The second-order valence-corrected chi connectivity index (χ2v) is 7.48. The van der Waals surface area contributed by atoms with Crippen molar-refractivity contribution in [1.82, 2.24) is 4.98 Å². The highest BCUT2D eigenvalue weighted by Crippen LogP contribution is 2.40. The molecule has 12 heteroatoms. The Morgan fingerprint density at radius 3 is 2.39 bits per heavy atom. The number of anilines is 1. The molecule has 0 aliphatic carbocycles. The van der Waals surface area contributed by atoms with Gasteiger partial charge in [-0.05, 0) is 29.8 Å². The third kappa shape index (κ3) is 4.30. The molecule has 3 aromatic rings. The SMILES string of the molecule is O=c1oc2cc(NC3[C@H](O)OC(CO)[C@@H](O)[C@@H]3O)ccc2c(C(F)(F)F)c1-c1ccncc1. The van der Waals surface area contributed by atoms with Gasteiger partial charge in [-0.1, -0.05) is 0 Å². The number of pyridine rings is 1. The summed E-state index contributed by atoms with van der Waals surface area (Å²) in [5.41, 5.74) is -3.34. The predicted molar refractivity (Wildman–Crippen MR) is 108 cm³/mol. The summed E-state index contributed by atoms with van der Waals surface area (Å²) in [7, 11) is 0. The first-order valence-corrected chi connectivity index (χ1v) is 9.77. The summed E-state index contributed by atoms with van der Waals surface area (Å²) in [5.74, 6) is 0. The van der Waals surface area contributed by atoms with E-state index in [0.717, 1.165) is 12.1 Å². The van der Waals surface area contributed by atoms with Crippen LogP contribution in [0.1, 0.15) is 5.56 Å². The lowest BCUT2D eigenvalue weighted by molar-refractivity contribution is -0.245. The van der Waals surface area contributed by atoms with Crippen molar-refractivity contribution < 1.29 is 42.8 Å². The second-order valence-electron chi connectivity index (χ2n) is 7.48. The first kappa shape index (κ1) is 23.1. The Bertz CT molecular complexity index is 1200. The van der Waals surface area contributed by atoms with Crippen LogP contribution in [0, 0.1) is 0 Å². The summed E-state index contributed by atoms with van der Waals surface area (Å²) in [4.78, 5) is 16.3. The van der Waals surface area contributed by atoms with Gasteiger partial charge in [-0.15, -0.1) is 0 Å². The maximum Gasteiger partial charge on any atom is 0.417 e. The second kappa shape index (κ2) is 8.72. The van der Waals surface area contributed by atoms with Crippen LogP contribution < -0.4 is 10.9 Å². The fourth-order valence-corrected chi connectivity index (χ4v) is 3.81. The van der Waals surface area contributed by atoms with Crippen molar-refractivity contribution >= 4 is 16.7 Å². The average molecular weight is 468 g/mol. The highest BCUT2D eigenvalue weighted by Gasteiger charge is 2.44. The molecule has 2 unspecified atom stereocenters. The van der Waals surface area contributed by atoms with Crippen LogP contribution >= 0.6 is 0 Å². The Balaban J connectivity index is 1.77. The molecule has 4 rings (SSSR count). The lowest BCUT2D eigenvalue weighted by atomic mass is 9.96. The molecule has 1 aromatic carbocycles. The Morgan fingerprint density at radius 1 is 1.06 bits per heavy atom. The zero-order valence-corrected chi connectivity index (χ0v) is 16.7. The first-order chi connectivity index (χ1) is 15.6. The van der Waals surface area contributed by atoms with Crippen LogP contribution in [0.5, 0.6) is 0 Å². The zero-order chi connectivity index (χ0) is 23.9. The normalized spacial score (nSPS) is 25.8. The van der Waals surface area contributed by atoms with Crippen LogP contribution in [0.2, 0.25) is 0 Å². The van der Waals surface area contributed by atoms with E-state index >= 15 is 0 Å². The molecule has 0 spiro atoms. The number of ether oxygens (including phenoxy) is 1. The van der Waals surface area contributed by atoms with Gasteiger partial charge in [0, 0.05) is 29.5 Å². The molecule has 9 nitrogen and oxygen atoms in total. The van der Waals surface area contributed by atoms with E-state index in [0.29, 0.717) is 0 Å². The van der Waals surface area contributed by atoms with Crippen molar-refractivity contribution in [2.24, 2.45) is 0 Å². The van der Waals surface area contributed by atoms with Gasteiger partial charge in [0.25, 0.3) is 0 Å². The van der Waals surface area contributed by atoms with Crippen LogP contribution in [0.4, 0.5) is 18.9 Å². The van der Waals surface area contributed by atoms with Crippen LogP contribution in [-0.2, 0) is 10.9 Å². The smallest absolute Gasteiger partial charge is 0.417 e. The van der Waals surface area contributed by atoms with Crippen molar-refractivity contribution in [3.63, 3.8) is 0 Å². The van der Waals surface area contributed by atoms with Crippen LogP contribution in [-0.4, -0.2) is 62.7 Å². The van der Waals surface area contributed by atoms with Crippen LogP contribution in [0.3, 0.4) is 0 Å². The lowest BCUT2D eigenvalue weighted by Gasteiger charge is -2.40. The first-order valence-electron chi connectivity index (χ1n) is 9.77. The maximum atomic E-state index is 14.0. The number of hydrogen-bond donors (Lipinski definition) is 5. The topological polar surface area (TPSA) is 145 Å². The summed E-state index contributed by atoms with van der Waals surface area (Å²) in [6, 6.07) is 4.67. The van der Waals surface area contributed by atoms with Gasteiger partial charge in [-0.2, -0.15) is 13.2 Å². The van der Waals surface area contributed by atoms with E-state index in [4.69, 9.17) is 14.3 Å². The van der Waals surface area contributed by atoms with E-state index in [1.54, 1.807) is 0 Å². The van der Waals surface area contributed by atoms with Crippen molar-refractivity contribution in [1.29, 1.82) is 0 Å². The Morgan fingerprint density at radius 2 is 1.76 bits per heavy atom. The lowest BCUT2D eigenvalue weighted by Crippen LogP contribution is -2.61. The molecular weight excluding hydrogens is 449 g/mol. The molecule has 33 heavy (non-hydrogen) atoms. The molecule has 2 aromatic heterocycles. The summed E-state index contributed by atoms with van der Waals surface area (Å²) in [6.45, 7) is -0.650. The number of benzene rings is 1. The minimum Gasteiger partial charge on any atom is -0.422 e. The number of nitrogens with one attached hydrogen (secondary N) is 1. The van der Waals surface area contributed by atoms with E-state index in [-0.39, 0.29) is 22.2 Å². The number of aliphatic hydroxyl groups excluding tert-OH is 4. The quantitative estimate of drug-likeness (QED) is 0.355. The molecule has 5 N–H and O–H groups in total. The number of aromatic nitrogens is 1. The van der Waals surface area contributed by atoms with Crippen molar-refractivity contribution in [2.75, 3.05) is 11.9 Å². The van der Waals surface area contributed by atoms with Gasteiger partial charge in [-0.3, -0.25) is 4.98 Å². The van der Waals surface area contributed by atoms with Gasteiger partial charge in [0.15, 0.2) is 6.29 Å². The number of halogens is 3. The number of hydrogen-bond acceptors (Lipinski definition) is 9. The molecule has 0 saturated carbocycles. The fraction of sp³-hybridized carbons (Fsp3) is 0.333. The standard InChI is InChI=1S/C21H19F3N2O7/c22-21(23,24)15-11-2-1-10(26-16-18(29)17(28)13(8-27)33-20(16)31)7-12(11)32-19(30)14(15)9-3-5-25-6-4-9/h1-7,13,16-18,20,26-29,31H,8H2/t13?,16?,17-,18-,20-/m1/s1. The van der Waals surface area contributed by atoms with Crippen molar-refractivity contribution in [2.45, 2.75) is 36.8 Å². The number of fused-ring (bicyclic) bond motifs is 1. The molecule has 1 saturated heterocycles. The minimum absolute atomic E-state index is 0.00630. The number of alkyl halides is 3. The molecule has 176 valence electrons. The Hall–Kier alpha value is -3.03. The molecule has 3 heterocycles. The fourth-order valence-electron chi connectivity index (χ4n) is 3.81. The number of aliphatic hydroxyl groups is 4. The van der Waals surface area contributed by atoms with Gasteiger partial charge in [0.2, 0.25) is 0 Å². The monoisotopic (exact) mass is 468 g/mol. The van der Waals surface area contributed by atoms with Gasteiger partial charge in [0.05, 0.1) is 17.7 Å². The summed E-state index contributed by atoms with van der Waals surface area (Å²) < 4.78 is 52.2. The number of nitrogens with zero attached hydrogens (tertiary/aromatic N) is 1. The Labute approximate surface area is 183 Å². The third-order valence-corrected chi connectivity index (χ3v) is 5.39. The average Bonchev–Trinajstić information content (AvgIpc) is 2.78. The van der Waals surface area contributed by atoms with E-state index in [1.165, 1.54) is 30.6 Å². The molecule has 1 aliphatic rings. The maximum absolute atomic E-state index is 14.0. The van der Waals surface area contributed by atoms with E-state index in [9.17, 15) is 33.3 Å². The van der Waals surface area contributed by atoms with Gasteiger partial charge in [-0.25, -0.2) is 4.79 Å². The summed E-state index contributed by atoms with van der Waals surface area (Å²) in [6.07, 6.45) is -8.35. The molecule has 0 radical (unpaired) electrons. The highest BCUT2D eigenvalue weighted by molar-refractivity contribution is 5.89. The van der Waals surface area contributed by atoms with Crippen LogP contribution in [0.15, 0.2) is 51.9 Å². The largest absolute Gasteiger partial charge is 0.422 e. The Kier molecular flexibility index (Phi) is 6.12. The molecule has 1 fully saturated rings. The predicted octanol–water partition coefficient (Wildman–Crippen LogP) is 1.09. The molecule has 0 bridgehead atoms. The van der Waals surface area contributed by atoms with Gasteiger partial charge in [0.1, 0.15) is 29.9 Å². The van der Waals surface area contributed by atoms with Gasteiger partial charge >= 0.3 is 11.8 Å². The van der Waals surface area contributed by atoms with Crippen molar-refractivity contribution in [3.05, 3.63) is 58.7 Å². The van der Waals surface area contributed by atoms with Gasteiger partial charge < -0.3 is 34.9 Å². The third-order valence-electron chi connectivity index (χ3n) is 5.39. The zero-order valence-electron chi connectivity index (χ0n) is 16.7. The summed E-state index contributed by atoms with van der Waals surface area (Å²) >= 11 is 0. The molecule has 5 atom stereocenters. The van der Waals surface area contributed by atoms with Crippen molar-refractivity contribution in [3.8, 4) is 11.1 Å². The van der Waals surface area contributed by atoms with E-state index < -0.39 is 60.2 Å². The van der Waals surface area contributed by atoms with E-state index in [1.807, 2.05) is 0 Å². The molecule has 0 amide bonds.